The van der Waals surface area contributed by atoms with Gasteiger partial charge in [0, 0.05) is 11.5 Å². The summed E-state index contributed by atoms with van der Waals surface area (Å²) >= 11 is 0. The molecule has 3 rings (SSSR count). The Kier molecular flexibility index (Phi) is 7.06. The van der Waals surface area contributed by atoms with Crippen LogP contribution in [0.15, 0.2) is 36.2 Å². The summed E-state index contributed by atoms with van der Waals surface area (Å²) in [6.45, 7) is 3.83. The van der Waals surface area contributed by atoms with Crippen LogP contribution in [0.2, 0.25) is 0 Å². The van der Waals surface area contributed by atoms with Crippen LogP contribution in [0.5, 0.6) is 0 Å². The molecule has 1 heterocycles. The zero-order chi connectivity index (χ0) is 17.5. The van der Waals surface area contributed by atoms with E-state index < -0.39 is 0 Å². The van der Waals surface area contributed by atoms with Gasteiger partial charge in [-0.3, -0.25) is 0 Å². The van der Waals surface area contributed by atoms with E-state index in [4.69, 9.17) is 9.47 Å². The van der Waals surface area contributed by atoms with Crippen LogP contribution in [-0.4, -0.2) is 13.2 Å². The Hall–Kier alpha value is -1.19. The molecule has 3 heteroatoms. The van der Waals surface area contributed by atoms with Crippen molar-refractivity contribution in [2.24, 2.45) is 11.8 Å². The summed E-state index contributed by atoms with van der Waals surface area (Å²) in [5, 5.41) is 0. The lowest BCUT2D eigenvalue weighted by atomic mass is 9.88. The molecule has 1 aliphatic carbocycles. The Bertz CT molecular complexity index is 544. The van der Waals surface area contributed by atoms with Crippen molar-refractivity contribution in [3.05, 3.63) is 47.3 Å². The number of hydrogen-bond donors (Lipinski definition) is 0. The maximum Gasteiger partial charge on any atom is 0.183 e. The van der Waals surface area contributed by atoms with Gasteiger partial charge in [-0.1, -0.05) is 50.1 Å². The van der Waals surface area contributed by atoms with Gasteiger partial charge in [-0.2, -0.15) is 0 Å². The third-order valence-corrected chi connectivity index (χ3v) is 5.49. The number of ether oxygens (including phenoxy) is 2. The monoisotopic (exact) mass is 346 g/mol. The van der Waals surface area contributed by atoms with E-state index in [9.17, 15) is 4.39 Å². The van der Waals surface area contributed by atoms with Crippen LogP contribution in [0.25, 0.3) is 0 Å². The van der Waals surface area contributed by atoms with Gasteiger partial charge in [0.15, 0.2) is 6.29 Å². The van der Waals surface area contributed by atoms with Crippen molar-refractivity contribution in [1.82, 2.24) is 0 Å². The van der Waals surface area contributed by atoms with Gasteiger partial charge in [-0.15, -0.1) is 0 Å². The predicted molar refractivity (Wildman–Crippen MR) is 99.0 cm³/mol. The molecule has 1 atom stereocenters. The molecule has 2 nitrogen and oxygen atoms in total. The molecule has 1 fully saturated rings. The first-order valence-corrected chi connectivity index (χ1v) is 9.91. The fraction of sp³-hybridized carbons (Fsp3) is 0.636. The molecule has 0 amide bonds. The van der Waals surface area contributed by atoms with Gasteiger partial charge in [0.25, 0.3) is 0 Å². The van der Waals surface area contributed by atoms with Crippen molar-refractivity contribution >= 4 is 0 Å². The quantitative estimate of drug-likeness (QED) is 0.592. The first-order valence-electron chi connectivity index (χ1n) is 9.91. The summed E-state index contributed by atoms with van der Waals surface area (Å²) in [7, 11) is 0. The Morgan fingerprint density at radius 2 is 1.80 bits per heavy atom. The van der Waals surface area contributed by atoms with E-state index in [2.05, 4.69) is 31.2 Å². The van der Waals surface area contributed by atoms with E-state index in [1.54, 1.807) is 6.08 Å². The summed E-state index contributed by atoms with van der Waals surface area (Å²) in [5.41, 5.74) is 2.45. The minimum absolute atomic E-state index is 0.0741. The lowest BCUT2D eigenvalue weighted by Crippen LogP contribution is -2.27. The minimum Gasteiger partial charge on any atom is -0.348 e. The van der Waals surface area contributed by atoms with Crippen molar-refractivity contribution in [2.75, 3.05) is 13.2 Å². The normalized spacial score (nSPS) is 27.1. The fourth-order valence-electron chi connectivity index (χ4n) is 3.73. The molecule has 0 aromatic heterocycles. The van der Waals surface area contributed by atoms with Gasteiger partial charge in [0.05, 0.1) is 19.0 Å². The summed E-state index contributed by atoms with van der Waals surface area (Å²) in [6, 6.07) is 8.63. The predicted octanol–water partition coefficient (Wildman–Crippen LogP) is 6.12. The molecule has 1 aromatic rings. The number of aryl methyl sites for hydroxylation is 1. The Balaban J connectivity index is 1.43. The summed E-state index contributed by atoms with van der Waals surface area (Å²) in [4.78, 5) is 0. The molecule has 138 valence electrons. The molecule has 1 unspecified atom stereocenters. The molecule has 0 radical (unpaired) electrons. The second-order valence-corrected chi connectivity index (χ2v) is 7.58. The van der Waals surface area contributed by atoms with Gasteiger partial charge in [-0.05, 0) is 50.0 Å². The highest BCUT2D eigenvalue weighted by Gasteiger charge is 2.23. The molecular formula is C22H31FO2. The third-order valence-electron chi connectivity index (χ3n) is 5.49. The zero-order valence-corrected chi connectivity index (χ0v) is 15.4. The highest BCUT2D eigenvalue weighted by Crippen LogP contribution is 2.29. The summed E-state index contributed by atoms with van der Waals surface area (Å²) in [5.74, 6) is 1.25. The fourth-order valence-corrected chi connectivity index (χ4v) is 3.73. The van der Waals surface area contributed by atoms with Crippen LogP contribution in [0.3, 0.4) is 0 Å². The number of halogens is 1. The van der Waals surface area contributed by atoms with Crippen LogP contribution in [0.4, 0.5) is 4.39 Å². The molecule has 0 saturated carbocycles. The number of rotatable bonds is 7. The zero-order valence-electron chi connectivity index (χ0n) is 15.4. The van der Waals surface area contributed by atoms with E-state index in [-0.39, 0.29) is 12.1 Å². The number of unbranched alkanes of at least 4 members (excludes halogenated alkanes) is 1. The Morgan fingerprint density at radius 1 is 1.04 bits per heavy atom. The SMILES string of the molecule is CCCCC1COC(c2ccc(CCC3CC=C(F)CC3)cc2)OC1. The second kappa shape index (κ2) is 9.49. The first kappa shape index (κ1) is 18.6. The number of benzene rings is 1. The minimum atomic E-state index is -0.210. The molecule has 1 aromatic carbocycles. The van der Waals surface area contributed by atoms with Gasteiger partial charge in [0.2, 0.25) is 0 Å². The van der Waals surface area contributed by atoms with E-state index in [1.165, 1.54) is 24.8 Å². The average molecular weight is 346 g/mol. The maximum atomic E-state index is 13.1. The highest BCUT2D eigenvalue weighted by molar-refractivity contribution is 5.23. The van der Waals surface area contributed by atoms with E-state index in [0.717, 1.165) is 44.5 Å². The van der Waals surface area contributed by atoms with Crippen LogP contribution >= 0.6 is 0 Å². The van der Waals surface area contributed by atoms with Crippen molar-refractivity contribution in [2.45, 2.75) is 64.6 Å². The summed E-state index contributed by atoms with van der Waals surface area (Å²) < 4.78 is 24.9. The van der Waals surface area contributed by atoms with E-state index >= 15 is 0 Å². The molecule has 1 aliphatic heterocycles. The van der Waals surface area contributed by atoms with Gasteiger partial charge in [-0.25, -0.2) is 4.39 Å². The van der Waals surface area contributed by atoms with E-state index in [0.29, 0.717) is 18.3 Å². The largest absolute Gasteiger partial charge is 0.348 e. The topological polar surface area (TPSA) is 18.5 Å². The molecule has 1 saturated heterocycles. The van der Waals surface area contributed by atoms with Crippen molar-refractivity contribution in [1.29, 1.82) is 0 Å². The standard InChI is InChI=1S/C22H31FO2/c1-2-3-4-19-15-24-22(25-16-19)20-11-7-17(8-12-20)5-6-18-9-13-21(23)14-10-18/h7-8,11-13,18-19,22H,2-6,9-10,14-16H2,1H3. The Labute approximate surface area is 151 Å². The third kappa shape index (κ3) is 5.65. The lowest BCUT2D eigenvalue weighted by molar-refractivity contribution is -0.206. The van der Waals surface area contributed by atoms with Crippen molar-refractivity contribution in [3.8, 4) is 0 Å². The van der Waals surface area contributed by atoms with Crippen molar-refractivity contribution in [3.63, 3.8) is 0 Å². The van der Waals surface area contributed by atoms with Gasteiger partial charge >= 0.3 is 0 Å². The van der Waals surface area contributed by atoms with Crippen LogP contribution in [0.1, 0.15) is 69.3 Å². The number of allylic oxidation sites excluding steroid dienone is 2. The first-order chi connectivity index (χ1) is 12.2. The smallest absolute Gasteiger partial charge is 0.183 e. The summed E-state index contributed by atoms with van der Waals surface area (Å²) in [6.07, 6.45) is 9.94. The maximum absolute atomic E-state index is 13.1. The molecule has 0 bridgehead atoms. The molecule has 0 spiro atoms. The van der Waals surface area contributed by atoms with Crippen LogP contribution in [-0.2, 0) is 15.9 Å². The Morgan fingerprint density at radius 3 is 2.44 bits per heavy atom. The highest BCUT2D eigenvalue weighted by atomic mass is 19.1. The molecule has 25 heavy (non-hydrogen) atoms. The van der Waals surface area contributed by atoms with E-state index in [1.807, 2.05) is 0 Å². The van der Waals surface area contributed by atoms with Gasteiger partial charge in [0.1, 0.15) is 0 Å². The van der Waals surface area contributed by atoms with Crippen LogP contribution in [0, 0.1) is 11.8 Å². The van der Waals surface area contributed by atoms with Crippen molar-refractivity contribution < 1.29 is 13.9 Å². The molecule has 0 N–H and O–H groups in total. The second-order valence-electron chi connectivity index (χ2n) is 7.58. The number of hydrogen-bond acceptors (Lipinski definition) is 2. The molecule has 2 aliphatic rings. The molecular weight excluding hydrogens is 315 g/mol. The lowest BCUT2D eigenvalue weighted by Gasteiger charge is -2.29. The average Bonchev–Trinajstić information content (AvgIpc) is 2.67. The van der Waals surface area contributed by atoms with Crippen LogP contribution < -0.4 is 0 Å². The van der Waals surface area contributed by atoms with Gasteiger partial charge < -0.3 is 9.47 Å².